The number of thiophene rings is 1. The first kappa shape index (κ1) is 15.2. The van der Waals surface area contributed by atoms with E-state index >= 15 is 0 Å². The monoisotopic (exact) mass is 347 g/mol. The van der Waals surface area contributed by atoms with E-state index in [1.54, 1.807) is 22.7 Å². The minimum Gasteiger partial charge on any atom is -0.218 e. The molecule has 3 rings (SSSR count). The maximum absolute atomic E-state index is 6.18. The van der Waals surface area contributed by atoms with Gasteiger partial charge in [0.1, 0.15) is 0 Å². The van der Waals surface area contributed by atoms with Crippen LogP contribution in [0.25, 0.3) is 0 Å². The topological polar surface area (TPSA) is 29.6 Å². The first-order valence-electron chi connectivity index (χ1n) is 6.70. The Bertz CT molecular complexity index is 887. The lowest BCUT2D eigenvalue weighted by atomic mass is 10.3. The third-order valence-electron chi connectivity index (χ3n) is 3.11. The second-order valence-corrected chi connectivity index (χ2v) is 6.94. The van der Waals surface area contributed by atoms with Crippen molar-refractivity contribution in [2.45, 2.75) is 13.8 Å². The maximum atomic E-state index is 6.18. The number of rotatable bonds is 3. The molecule has 6 heteroatoms. The predicted octanol–water partition coefficient (Wildman–Crippen LogP) is 5.00. The summed E-state index contributed by atoms with van der Waals surface area (Å²) in [6.07, 6.45) is 1.88. The highest BCUT2D eigenvalue weighted by molar-refractivity contribution is 7.11. The predicted molar refractivity (Wildman–Crippen MR) is 95.8 cm³/mol. The molecular formula is C16H14ClN3S2. The van der Waals surface area contributed by atoms with E-state index in [4.69, 9.17) is 11.6 Å². The average Bonchev–Trinajstić information content (AvgIpc) is 3.06. The van der Waals surface area contributed by atoms with E-state index in [1.807, 2.05) is 47.5 Å². The van der Waals surface area contributed by atoms with Crippen LogP contribution in [0.3, 0.4) is 0 Å². The fraction of sp³-hybridized carbons (Fsp3) is 0.125. The standard InChI is InChI=1S/C16H14ClN3S2/c1-11-7-8-21-15(11)9-18-20-12(2)10-22-16(20)19-14-6-4-3-5-13(14)17/h3-10H,1-2H3. The number of nitrogens with zero attached hydrogens (tertiary/aromatic N) is 3. The Balaban J connectivity index is 2.03. The van der Waals surface area contributed by atoms with Crippen LogP contribution >= 0.6 is 34.3 Å². The minimum absolute atomic E-state index is 0.637. The van der Waals surface area contributed by atoms with Crippen molar-refractivity contribution in [2.24, 2.45) is 10.1 Å². The SMILES string of the molecule is Cc1ccsc1C=Nn1c(C)csc1=Nc1ccccc1Cl. The van der Waals surface area contributed by atoms with Crippen LogP contribution in [0.2, 0.25) is 5.02 Å². The highest BCUT2D eigenvalue weighted by Gasteiger charge is 2.02. The Morgan fingerprint density at radius 1 is 1.14 bits per heavy atom. The van der Waals surface area contributed by atoms with Gasteiger partial charge in [0.2, 0.25) is 4.80 Å². The van der Waals surface area contributed by atoms with Crippen LogP contribution in [-0.4, -0.2) is 10.9 Å². The van der Waals surface area contributed by atoms with E-state index < -0.39 is 0 Å². The molecule has 0 aliphatic carbocycles. The van der Waals surface area contributed by atoms with Crippen molar-refractivity contribution >= 4 is 46.2 Å². The molecule has 0 fully saturated rings. The van der Waals surface area contributed by atoms with E-state index in [2.05, 4.69) is 28.5 Å². The summed E-state index contributed by atoms with van der Waals surface area (Å²) in [5.74, 6) is 0. The van der Waals surface area contributed by atoms with Gasteiger partial charge >= 0.3 is 0 Å². The van der Waals surface area contributed by atoms with Crippen molar-refractivity contribution in [3.8, 4) is 0 Å². The quantitative estimate of drug-likeness (QED) is 0.597. The van der Waals surface area contributed by atoms with Crippen LogP contribution in [0.5, 0.6) is 0 Å². The van der Waals surface area contributed by atoms with Gasteiger partial charge in [0.25, 0.3) is 0 Å². The van der Waals surface area contributed by atoms with Crippen LogP contribution in [0, 0.1) is 13.8 Å². The number of thiazole rings is 1. The summed E-state index contributed by atoms with van der Waals surface area (Å²) in [6, 6.07) is 9.64. The molecule has 0 unspecified atom stereocenters. The summed E-state index contributed by atoms with van der Waals surface area (Å²) >= 11 is 9.40. The van der Waals surface area contributed by atoms with Gasteiger partial charge in [0.15, 0.2) is 0 Å². The molecule has 0 atom stereocenters. The molecule has 0 amide bonds. The lowest BCUT2D eigenvalue weighted by Gasteiger charge is -1.99. The zero-order valence-corrected chi connectivity index (χ0v) is 14.5. The van der Waals surface area contributed by atoms with E-state index in [0.29, 0.717) is 5.02 Å². The van der Waals surface area contributed by atoms with Gasteiger partial charge in [-0.15, -0.1) is 22.7 Å². The number of para-hydroxylation sites is 1. The van der Waals surface area contributed by atoms with E-state index in [0.717, 1.165) is 21.1 Å². The molecule has 0 aliphatic heterocycles. The van der Waals surface area contributed by atoms with Gasteiger partial charge in [-0.2, -0.15) is 5.10 Å². The molecule has 22 heavy (non-hydrogen) atoms. The zero-order valence-electron chi connectivity index (χ0n) is 12.2. The van der Waals surface area contributed by atoms with Crippen molar-refractivity contribution in [1.29, 1.82) is 0 Å². The molecule has 2 heterocycles. The van der Waals surface area contributed by atoms with Crippen molar-refractivity contribution in [3.63, 3.8) is 0 Å². The molecule has 1 aromatic carbocycles. The van der Waals surface area contributed by atoms with Crippen LogP contribution in [0.1, 0.15) is 16.1 Å². The van der Waals surface area contributed by atoms with Gasteiger partial charge in [0, 0.05) is 5.38 Å². The highest BCUT2D eigenvalue weighted by atomic mass is 35.5. The van der Waals surface area contributed by atoms with Crippen LogP contribution in [0.15, 0.2) is 51.2 Å². The maximum Gasteiger partial charge on any atom is 0.211 e. The van der Waals surface area contributed by atoms with Gasteiger partial charge in [0.05, 0.1) is 27.5 Å². The molecule has 0 radical (unpaired) electrons. The van der Waals surface area contributed by atoms with Crippen LogP contribution in [0.4, 0.5) is 5.69 Å². The first-order chi connectivity index (χ1) is 10.6. The third kappa shape index (κ3) is 3.21. The number of hydrogen-bond donors (Lipinski definition) is 0. The van der Waals surface area contributed by atoms with E-state index in [1.165, 1.54) is 5.56 Å². The second-order valence-electron chi connectivity index (χ2n) is 4.75. The Morgan fingerprint density at radius 2 is 1.95 bits per heavy atom. The van der Waals surface area contributed by atoms with E-state index in [-0.39, 0.29) is 0 Å². The van der Waals surface area contributed by atoms with Crippen molar-refractivity contribution in [3.05, 3.63) is 67.1 Å². The molecule has 0 aliphatic rings. The number of hydrogen-bond acceptors (Lipinski definition) is 4. The first-order valence-corrected chi connectivity index (χ1v) is 8.84. The molecular weight excluding hydrogens is 334 g/mol. The van der Waals surface area contributed by atoms with E-state index in [9.17, 15) is 0 Å². The zero-order chi connectivity index (χ0) is 15.5. The Morgan fingerprint density at radius 3 is 2.68 bits per heavy atom. The van der Waals surface area contributed by atoms with Gasteiger partial charge in [-0.1, -0.05) is 23.7 Å². The molecule has 0 N–H and O–H groups in total. The summed E-state index contributed by atoms with van der Waals surface area (Å²) in [4.78, 5) is 6.58. The minimum atomic E-state index is 0.637. The Kier molecular flexibility index (Phi) is 4.57. The number of aryl methyl sites for hydroxylation is 2. The number of halogens is 1. The number of benzene rings is 1. The average molecular weight is 348 g/mol. The smallest absolute Gasteiger partial charge is 0.211 e. The normalized spacial score (nSPS) is 12.4. The largest absolute Gasteiger partial charge is 0.218 e. The summed E-state index contributed by atoms with van der Waals surface area (Å²) in [7, 11) is 0. The van der Waals surface area contributed by atoms with Crippen molar-refractivity contribution < 1.29 is 0 Å². The van der Waals surface area contributed by atoms with Crippen LogP contribution in [-0.2, 0) is 0 Å². The van der Waals surface area contributed by atoms with Crippen molar-refractivity contribution in [1.82, 2.24) is 4.68 Å². The summed E-state index contributed by atoms with van der Waals surface area (Å²) < 4.78 is 1.84. The van der Waals surface area contributed by atoms with Gasteiger partial charge in [-0.05, 0) is 43.0 Å². The fourth-order valence-electron chi connectivity index (χ4n) is 1.88. The van der Waals surface area contributed by atoms with Crippen LogP contribution < -0.4 is 4.80 Å². The summed E-state index contributed by atoms with van der Waals surface area (Å²) in [5, 5.41) is 9.31. The lowest BCUT2D eigenvalue weighted by Crippen LogP contribution is -2.11. The third-order valence-corrected chi connectivity index (χ3v) is 5.32. The summed E-state index contributed by atoms with van der Waals surface area (Å²) in [6.45, 7) is 4.10. The van der Waals surface area contributed by atoms with Gasteiger partial charge < -0.3 is 0 Å². The Hall–Kier alpha value is -1.69. The molecule has 3 aromatic rings. The van der Waals surface area contributed by atoms with Gasteiger partial charge in [-0.25, -0.2) is 9.67 Å². The summed E-state index contributed by atoms with van der Waals surface area (Å²) in [5.41, 5.74) is 3.02. The molecule has 0 spiro atoms. The molecule has 2 aromatic heterocycles. The molecule has 3 nitrogen and oxygen atoms in total. The van der Waals surface area contributed by atoms with Crippen molar-refractivity contribution in [2.75, 3.05) is 0 Å². The second kappa shape index (κ2) is 6.60. The molecule has 0 saturated heterocycles. The number of aromatic nitrogens is 1. The molecule has 112 valence electrons. The molecule has 0 saturated carbocycles. The lowest BCUT2D eigenvalue weighted by molar-refractivity contribution is 0.810. The highest BCUT2D eigenvalue weighted by Crippen LogP contribution is 2.23. The fourth-order valence-corrected chi connectivity index (χ4v) is 3.65. The van der Waals surface area contributed by atoms with Gasteiger partial charge in [-0.3, -0.25) is 0 Å². The molecule has 0 bridgehead atoms. The Labute approximate surface area is 141 Å².